The maximum atomic E-state index is 5.24. The van der Waals surface area contributed by atoms with E-state index >= 15 is 0 Å². The molecule has 27 aromatic rings. The standard InChI is InChI=1S/C49H37N3.C43H27N3.C42H26N4/c1-48(2)42-17-11-10-16-38(42)39-26-24-35(29-43(39)49(48,3)4)47-51-45(33-13-6-5-7-14-33)50-46(52-47)34-21-19-31-18-20-32-23-25-37-36-15-9-8-12-30(36)22-27-40(37)44(32)41(31)28-34;1-3-11-30(12-4-1)41-44-42(31-13-5-2-6-14-31)46-43(45-41)32-20-18-29(19-21-32)34-16-9-17-35-36(34)24-27-40-38-23-22-28-10-7-8-15-33(28)37(38)25-26-39(35)40;1-3-11-28(12-4-1)40-44-41(29-13-5-2-6-14-29)46-42(45-40)30-19-25-39(43-26-30)38-17-9-16-32-35-22-21-33-31-15-8-7-10-27(31)18-20-34(33)36(35)23-24-37(32)38/h5-29H,1-4H3;1-27H;1-26H. The molecule has 1 aliphatic carbocycles. The molecule has 23 aromatic carbocycles. The molecule has 0 saturated heterocycles. The normalized spacial score (nSPS) is 12.6. The van der Waals surface area contributed by atoms with Gasteiger partial charge >= 0.3 is 0 Å². The molecule has 10 heteroatoms. The highest BCUT2D eigenvalue weighted by atomic mass is 15.1. The number of hydrogen-bond acceptors (Lipinski definition) is 10. The molecular weight excluding hydrogens is 1750 g/mol. The minimum absolute atomic E-state index is 0.0704. The quantitative estimate of drug-likeness (QED) is 0.115. The smallest absolute Gasteiger partial charge is 0.165 e. The highest BCUT2D eigenvalue weighted by Gasteiger charge is 2.46. The van der Waals surface area contributed by atoms with E-state index in [1.165, 1.54) is 157 Å². The summed E-state index contributed by atoms with van der Waals surface area (Å²) in [6.45, 7) is 9.47. The first-order valence-corrected chi connectivity index (χ1v) is 49.1. The molecule has 0 unspecified atom stereocenters. The van der Waals surface area contributed by atoms with Crippen LogP contribution in [0, 0.1) is 0 Å². The first kappa shape index (κ1) is 85.8. The van der Waals surface area contributed by atoms with Crippen molar-refractivity contribution in [1.29, 1.82) is 0 Å². The van der Waals surface area contributed by atoms with E-state index in [0.29, 0.717) is 52.4 Å². The van der Waals surface area contributed by atoms with Crippen LogP contribution in [0.2, 0.25) is 0 Å². The van der Waals surface area contributed by atoms with Crippen molar-refractivity contribution in [2.75, 3.05) is 0 Å². The fourth-order valence-corrected chi connectivity index (χ4v) is 21.7. The zero-order valence-corrected chi connectivity index (χ0v) is 79.5. The largest absolute Gasteiger partial charge is 0.255 e. The number of nitrogens with zero attached hydrogens (tertiary/aromatic N) is 10. The minimum Gasteiger partial charge on any atom is -0.255 e. The average molecular weight is 1840 g/mol. The molecule has 4 heterocycles. The third-order valence-corrected chi connectivity index (χ3v) is 29.8. The van der Waals surface area contributed by atoms with Gasteiger partial charge in [-0.15, -0.1) is 0 Å². The molecule has 4 aromatic heterocycles. The summed E-state index contributed by atoms with van der Waals surface area (Å²) >= 11 is 0. The summed E-state index contributed by atoms with van der Waals surface area (Å²) < 4.78 is 0. The van der Waals surface area contributed by atoms with E-state index in [2.05, 4.69) is 355 Å². The van der Waals surface area contributed by atoms with Crippen LogP contribution >= 0.6 is 0 Å². The molecule has 0 bridgehead atoms. The van der Waals surface area contributed by atoms with E-state index in [1.54, 1.807) is 0 Å². The lowest BCUT2D eigenvalue weighted by atomic mass is 9.55. The van der Waals surface area contributed by atoms with Crippen LogP contribution in [-0.4, -0.2) is 49.8 Å². The van der Waals surface area contributed by atoms with E-state index in [4.69, 9.17) is 49.8 Å². The second-order valence-corrected chi connectivity index (χ2v) is 38.4. The maximum absolute atomic E-state index is 5.24. The Hall–Kier alpha value is -18.6. The summed E-state index contributed by atoms with van der Waals surface area (Å²) in [5.74, 6) is 5.84. The number of hydrogen-bond donors (Lipinski definition) is 0. The Morgan fingerprint density at radius 2 is 0.410 bits per heavy atom. The lowest BCUT2D eigenvalue weighted by Crippen LogP contribution is -2.43. The Balaban J connectivity index is 0.000000110. The van der Waals surface area contributed by atoms with Crippen molar-refractivity contribution in [2.24, 2.45) is 0 Å². The van der Waals surface area contributed by atoms with Gasteiger partial charge in [-0.2, -0.15) is 0 Å². The second-order valence-electron chi connectivity index (χ2n) is 38.4. The third-order valence-electron chi connectivity index (χ3n) is 29.8. The summed E-state index contributed by atoms with van der Waals surface area (Å²) in [5.41, 5.74) is 18.0. The number of pyridine rings is 1. The van der Waals surface area contributed by atoms with Gasteiger partial charge in [0.1, 0.15) is 0 Å². The molecule has 0 amide bonds. The molecule has 28 rings (SSSR count). The monoisotopic (exact) mass is 1840 g/mol. The molecule has 0 aliphatic heterocycles. The predicted octanol–water partition coefficient (Wildman–Crippen LogP) is 34.4. The summed E-state index contributed by atoms with van der Waals surface area (Å²) in [6, 6.07) is 165. The molecule has 1 aliphatic rings. The van der Waals surface area contributed by atoms with Gasteiger partial charge in [-0.3, -0.25) is 4.98 Å². The van der Waals surface area contributed by atoms with Crippen LogP contribution in [0.3, 0.4) is 0 Å². The van der Waals surface area contributed by atoms with E-state index in [1.807, 2.05) is 146 Å². The Bertz CT molecular complexity index is 9330. The maximum Gasteiger partial charge on any atom is 0.165 e. The van der Waals surface area contributed by atoms with Gasteiger partial charge in [-0.1, -0.05) is 471 Å². The van der Waals surface area contributed by atoms with Crippen LogP contribution in [0.15, 0.2) is 473 Å². The van der Waals surface area contributed by atoms with Crippen molar-refractivity contribution in [3.63, 3.8) is 0 Å². The first-order valence-electron chi connectivity index (χ1n) is 49.1. The van der Waals surface area contributed by atoms with Crippen molar-refractivity contribution in [1.82, 2.24) is 49.8 Å². The molecule has 0 fully saturated rings. The summed E-state index contributed by atoms with van der Waals surface area (Å²) in [7, 11) is 0. The summed E-state index contributed by atoms with van der Waals surface area (Å²) in [6.07, 6.45) is 1.87. The fraction of sp³-hybridized carbons (Fsp3) is 0.0448. The van der Waals surface area contributed by atoms with Gasteiger partial charge in [-0.05, 0) is 198 Å². The second kappa shape index (κ2) is 35.4. The van der Waals surface area contributed by atoms with Gasteiger partial charge in [0, 0.05) is 61.8 Å². The minimum atomic E-state index is -0.127. The Labute approximate surface area is 832 Å². The van der Waals surface area contributed by atoms with Crippen molar-refractivity contribution in [3.05, 3.63) is 484 Å². The first-order chi connectivity index (χ1) is 70.9. The van der Waals surface area contributed by atoms with Crippen LogP contribution in [0.25, 0.3) is 265 Å². The van der Waals surface area contributed by atoms with Crippen molar-refractivity contribution >= 4 is 129 Å². The van der Waals surface area contributed by atoms with Crippen LogP contribution in [-0.2, 0) is 10.8 Å². The number of fused-ring (bicyclic) bond motifs is 24. The lowest BCUT2D eigenvalue weighted by Gasteiger charge is -2.48. The zero-order chi connectivity index (χ0) is 96.1. The van der Waals surface area contributed by atoms with Crippen molar-refractivity contribution < 1.29 is 0 Å². The van der Waals surface area contributed by atoms with Crippen LogP contribution in [0.4, 0.5) is 0 Å². The molecule has 0 spiro atoms. The summed E-state index contributed by atoms with van der Waals surface area (Å²) in [5, 5.41) is 30.0. The molecule has 0 saturated carbocycles. The lowest BCUT2D eigenvalue weighted by molar-refractivity contribution is 0.299. The average Bonchev–Trinajstić information content (AvgIpc) is 0.717. The highest BCUT2D eigenvalue weighted by Crippen LogP contribution is 2.55. The number of aromatic nitrogens is 10. The molecular formula is C134H90N10. The highest BCUT2D eigenvalue weighted by molar-refractivity contribution is 6.27. The summed E-state index contributed by atoms with van der Waals surface area (Å²) in [4.78, 5) is 49.7. The van der Waals surface area contributed by atoms with Crippen LogP contribution in [0.1, 0.15) is 38.8 Å². The molecule has 0 radical (unpaired) electrons. The molecule has 10 nitrogen and oxygen atoms in total. The van der Waals surface area contributed by atoms with Gasteiger partial charge in [0.25, 0.3) is 0 Å². The predicted molar refractivity (Wildman–Crippen MR) is 599 cm³/mol. The molecule has 144 heavy (non-hydrogen) atoms. The third kappa shape index (κ3) is 15.1. The fourth-order valence-electron chi connectivity index (χ4n) is 21.7. The van der Waals surface area contributed by atoms with E-state index in [-0.39, 0.29) is 10.8 Å². The molecule has 0 N–H and O–H groups in total. The van der Waals surface area contributed by atoms with Crippen molar-refractivity contribution in [2.45, 2.75) is 38.5 Å². The number of rotatable bonds is 11. The Morgan fingerprint density at radius 1 is 0.146 bits per heavy atom. The van der Waals surface area contributed by atoms with E-state index < -0.39 is 0 Å². The van der Waals surface area contributed by atoms with E-state index in [9.17, 15) is 0 Å². The van der Waals surface area contributed by atoms with E-state index in [0.717, 1.165) is 66.9 Å². The van der Waals surface area contributed by atoms with Gasteiger partial charge < -0.3 is 0 Å². The Morgan fingerprint density at radius 3 is 0.861 bits per heavy atom. The van der Waals surface area contributed by atoms with Gasteiger partial charge in [0.05, 0.1) is 5.69 Å². The van der Waals surface area contributed by atoms with Gasteiger partial charge in [-0.25, -0.2) is 44.9 Å². The zero-order valence-electron chi connectivity index (χ0n) is 79.5. The van der Waals surface area contributed by atoms with Crippen LogP contribution < -0.4 is 0 Å². The topological polar surface area (TPSA) is 129 Å². The number of benzene rings is 23. The Kier molecular flexibility index (Phi) is 21.1. The van der Waals surface area contributed by atoms with Crippen molar-refractivity contribution in [3.8, 4) is 136 Å². The molecule has 676 valence electrons. The SMILES string of the molecule is CC1(C)c2ccccc2-c2ccc(-c3nc(-c4ccccc4)nc(-c4ccc5ccc6ccc7c8ccccc8ccc7c6c5c4)n3)cc2C1(C)C.c1ccc(-c2nc(-c3ccccc3)nc(-c3ccc(-c4cccc5c4ccc4c5ccc5c6ccccc6ccc54)cc3)n2)cc1.c1ccc(-c2nc(-c3ccccc3)nc(-c3ccc(-c4cccc5c4ccc4c5ccc5c6ccccc6ccc54)nc3)n2)cc1. The van der Waals surface area contributed by atoms with Gasteiger partial charge in [0.2, 0.25) is 0 Å². The van der Waals surface area contributed by atoms with Gasteiger partial charge in [0.15, 0.2) is 52.4 Å². The van der Waals surface area contributed by atoms with Crippen LogP contribution in [0.5, 0.6) is 0 Å². The molecule has 0 atom stereocenters.